The summed E-state index contributed by atoms with van der Waals surface area (Å²) < 4.78 is 0. The van der Waals surface area contributed by atoms with Gasteiger partial charge in [-0.05, 0) is 13.5 Å². The summed E-state index contributed by atoms with van der Waals surface area (Å²) >= 11 is 0. The molecule has 0 saturated heterocycles. The number of ketones is 1. The van der Waals surface area contributed by atoms with Crippen LogP contribution in [-0.4, -0.2) is 46.9 Å². The Balaban J connectivity index is 0. The lowest BCUT2D eigenvalue weighted by molar-refractivity contribution is -0.139. The molecule has 0 spiro atoms. The first kappa shape index (κ1) is 17.4. The average molecular weight is 248 g/mol. The summed E-state index contributed by atoms with van der Waals surface area (Å²) in [5, 5.41) is 18.6. The zero-order valence-electron chi connectivity index (χ0n) is 9.38. The number of aldehydes is 1. The highest BCUT2D eigenvalue weighted by molar-refractivity contribution is 5.90. The van der Waals surface area contributed by atoms with Crippen molar-refractivity contribution >= 4 is 24.1 Å². The number of carbonyl (C=O) groups is 4. The molecule has 8 nitrogen and oxygen atoms in total. The van der Waals surface area contributed by atoms with Crippen molar-refractivity contribution in [2.24, 2.45) is 5.73 Å². The smallest absolute Gasteiger partial charge is 0.405 e. The number of nitrogens with one attached hydrogen (secondary N) is 1. The Labute approximate surface area is 97.8 Å². The Morgan fingerprint density at radius 3 is 2.12 bits per heavy atom. The molecule has 1 atom stereocenters. The van der Waals surface area contributed by atoms with E-state index in [2.05, 4.69) is 0 Å². The lowest BCUT2D eigenvalue weighted by Gasteiger charge is -2.12. The fourth-order valence-corrected chi connectivity index (χ4v) is 0.886. The monoisotopic (exact) mass is 248 g/mol. The zero-order chi connectivity index (χ0) is 13.8. The van der Waals surface area contributed by atoms with Crippen molar-refractivity contribution in [3.05, 3.63) is 0 Å². The van der Waals surface area contributed by atoms with Crippen LogP contribution in [0.15, 0.2) is 0 Å². The van der Waals surface area contributed by atoms with Gasteiger partial charge >= 0.3 is 12.1 Å². The summed E-state index contributed by atoms with van der Waals surface area (Å²) in [5.41, 5.74) is 5.09. The molecular weight excluding hydrogens is 232 g/mol. The number of rotatable bonds is 6. The number of carboxylic acids is 1. The van der Waals surface area contributed by atoms with Crippen molar-refractivity contribution in [2.45, 2.75) is 25.8 Å². The molecule has 0 rings (SSSR count). The van der Waals surface area contributed by atoms with Crippen LogP contribution in [0.2, 0.25) is 0 Å². The van der Waals surface area contributed by atoms with E-state index in [1.54, 1.807) is 0 Å². The third-order valence-electron chi connectivity index (χ3n) is 1.46. The molecule has 0 bridgehead atoms. The number of Topliss-reactive ketones (excluding diaryl/α,β-unsaturated/α-hetero) is 1. The SMILES string of the molecule is CC=O.NCCC(=O)C(CC(=O)O)NC(=O)O. The molecule has 0 aromatic rings. The molecule has 0 aliphatic carbocycles. The Hall–Kier alpha value is -1.96. The minimum atomic E-state index is -1.43. The molecule has 0 aliphatic rings. The van der Waals surface area contributed by atoms with Crippen molar-refractivity contribution in [2.75, 3.05) is 6.54 Å². The molecule has 0 fully saturated rings. The third kappa shape index (κ3) is 12.0. The Morgan fingerprint density at radius 2 is 1.82 bits per heavy atom. The largest absolute Gasteiger partial charge is 0.481 e. The number of carbonyl (C=O) groups excluding carboxylic acids is 2. The summed E-state index contributed by atoms with van der Waals surface area (Å²) in [4.78, 5) is 40.4. The standard InChI is InChI=1S/C7H12N2O5.C2H4O/c8-2-1-5(10)4(3-6(11)12)9-7(13)14;1-2-3/h4,9H,1-3,8H2,(H,11,12)(H,13,14);2H,1H3. The van der Waals surface area contributed by atoms with E-state index in [1.807, 2.05) is 5.32 Å². The Kier molecular flexibility index (Phi) is 10.8. The van der Waals surface area contributed by atoms with Gasteiger partial charge in [-0.25, -0.2) is 4.79 Å². The summed E-state index contributed by atoms with van der Waals surface area (Å²) in [6.07, 6.45) is -1.29. The van der Waals surface area contributed by atoms with Crippen LogP contribution >= 0.6 is 0 Å². The molecule has 8 heteroatoms. The van der Waals surface area contributed by atoms with Crippen molar-refractivity contribution < 1.29 is 29.4 Å². The van der Waals surface area contributed by atoms with Crippen LogP contribution in [0.4, 0.5) is 4.79 Å². The van der Waals surface area contributed by atoms with Gasteiger partial charge in [0.15, 0.2) is 5.78 Å². The van der Waals surface area contributed by atoms with Crippen LogP contribution in [-0.2, 0) is 14.4 Å². The normalized spacial score (nSPS) is 10.5. The molecule has 1 amide bonds. The first-order valence-corrected chi connectivity index (χ1v) is 4.72. The average Bonchev–Trinajstić information content (AvgIpc) is 2.16. The number of hydrogen-bond acceptors (Lipinski definition) is 5. The molecule has 1 unspecified atom stereocenters. The summed E-state index contributed by atoms with van der Waals surface area (Å²) in [7, 11) is 0. The molecule has 98 valence electrons. The highest BCUT2D eigenvalue weighted by Gasteiger charge is 2.22. The van der Waals surface area contributed by atoms with Crippen molar-refractivity contribution in [3.63, 3.8) is 0 Å². The number of hydrogen-bond donors (Lipinski definition) is 4. The predicted molar refractivity (Wildman–Crippen MR) is 57.6 cm³/mol. The van der Waals surface area contributed by atoms with E-state index < -0.39 is 30.3 Å². The van der Waals surface area contributed by atoms with Crippen LogP contribution in [0.3, 0.4) is 0 Å². The summed E-state index contributed by atoms with van der Waals surface area (Å²) in [6, 6.07) is -1.21. The van der Waals surface area contributed by atoms with E-state index in [-0.39, 0.29) is 13.0 Å². The first-order valence-electron chi connectivity index (χ1n) is 4.72. The maximum absolute atomic E-state index is 11.1. The maximum Gasteiger partial charge on any atom is 0.405 e. The second kappa shape index (κ2) is 10.6. The van der Waals surface area contributed by atoms with E-state index in [0.717, 1.165) is 6.29 Å². The molecule has 0 aromatic heterocycles. The van der Waals surface area contributed by atoms with Crippen LogP contribution in [0.1, 0.15) is 19.8 Å². The molecule has 0 aliphatic heterocycles. The van der Waals surface area contributed by atoms with Gasteiger partial charge in [-0.1, -0.05) is 0 Å². The molecule has 0 aromatic carbocycles. The maximum atomic E-state index is 11.1. The van der Waals surface area contributed by atoms with Gasteiger partial charge in [-0.2, -0.15) is 0 Å². The molecule has 17 heavy (non-hydrogen) atoms. The molecule has 5 N–H and O–H groups in total. The topological polar surface area (TPSA) is 147 Å². The zero-order valence-corrected chi connectivity index (χ0v) is 9.38. The Morgan fingerprint density at radius 1 is 1.35 bits per heavy atom. The highest BCUT2D eigenvalue weighted by Crippen LogP contribution is 1.97. The van der Waals surface area contributed by atoms with E-state index in [1.165, 1.54) is 6.92 Å². The van der Waals surface area contributed by atoms with E-state index in [0.29, 0.717) is 0 Å². The Bertz CT molecular complexity index is 263. The fraction of sp³-hybridized carbons (Fsp3) is 0.556. The second-order valence-corrected chi connectivity index (χ2v) is 2.84. The van der Waals surface area contributed by atoms with Crippen molar-refractivity contribution in [1.29, 1.82) is 0 Å². The summed E-state index contributed by atoms with van der Waals surface area (Å²) in [5.74, 6) is -1.76. The van der Waals surface area contributed by atoms with Gasteiger partial charge in [0.1, 0.15) is 12.3 Å². The van der Waals surface area contributed by atoms with Gasteiger partial charge in [0.2, 0.25) is 0 Å². The van der Waals surface area contributed by atoms with Crippen LogP contribution < -0.4 is 11.1 Å². The summed E-state index contributed by atoms with van der Waals surface area (Å²) in [6.45, 7) is 1.51. The fourth-order valence-electron chi connectivity index (χ4n) is 0.886. The predicted octanol–water partition coefficient (Wildman–Crippen LogP) is -0.780. The number of nitrogens with two attached hydrogens (primary N) is 1. The van der Waals surface area contributed by atoms with E-state index in [9.17, 15) is 14.4 Å². The molecule has 0 heterocycles. The number of carboxylic acid groups (broad SMARTS) is 2. The van der Waals surface area contributed by atoms with Crippen LogP contribution in [0.5, 0.6) is 0 Å². The molecular formula is C9H16N2O6. The van der Waals surface area contributed by atoms with Crippen molar-refractivity contribution in [1.82, 2.24) is 5.32 Å². The van der Waals surface area contributed by atoms with Gasteiger partial charge in [-0.3, -0.25) is 9.59 Å². The lowest BCUT2D eigenvalue weighted by Crippen LogP contribution is -2.42. The lowest BCUT2D eigenvalue weighted by atomic mass is 10.1. The third-order valence-corrected chi connectivity index (χ3v) is 1.46. The highest BCUT2D eigenvalue weighted by atomic mass is 16.4. The molecule has 0 saturated carbocycles. The minimum Gasteiger partial charge on any atom is -0.481 e. The minimum absolute atomic E-state index is 0.0434. The van der Waals surface area contributed by atoms with Gasteiger partial charge in [0, 0.05) is 6.42 Å². The van der Waals surface area contributed by atoms with Gasteiger partial charge < -0.3 is 26.1 Å². The van der Waals surface area contributed by atoms with Crippen molar-refractivity contribution in [3.8, 4) is 0 Å². The van der Waals surface area contributed by atoms with Crippen LogP contribution in [0.25, 0.3) is 0 Å². The number of amides is 1. The van der Waals surface area contributed by atoms with E-state index in [4.69, 9.17) is 20.7 Å². The van der Waals surface area contributed by atoms with Gasteiger partial charge in [0.25, 0.3) is 0 Å². The number of aliphatic carboxylic acids is 1. The van der Waals surface area contributed by atoms with Gasteiger partial charge in [0.05, 0.1) is 6.42 Å². The van der Waals surface area contributed by atoms with E-state index >= 15 is 0 Å². The van der Waals surface area contributed by atoms with Gasteiger partial charge in [-0.15, -0.1) is 0 Å². The van der Waals surface area contributed by atoms with Crippen LogP contribution in [0, 0.1) is 0 Å². The quantitative estimate of drug-likeness (QED) is 0.451. The molecule has 0 radical (unpaired) electrons. The first-order chi connectivity index (χ1) is 7.88. The second-order valence-electron chi connectivity index (χ2n) is 2.84.